The Morgan fingerprint density at radius 1 is 1.31 bits per heavy atom. The Kier molecular flexibility index (Phi) is 3.95. The van der Waals surface area contributed by atoms with Crippen LogP contribution in [-0.2, 0) is 12.8 Å². The molecule has 6 heteroatoms. The molecule has 3 aromatic rings. The molecule has 2 aromatic carbocycles. The maximum atomic E-state index is 12.0. The zero-order chi connectivity index (χ0) is 18.3. The third kappa shape index (κ3) is 2.73. The summed E-state index contributed by atoms with van der Waals surface area (Å²) in [6, 6.07) is 11.2. The third-order valence-electron chi connectivity index (χ3n) is 4.83. The molecule has 3 N–H and O–H groups in total. The van der Waals surface area contributed by atoms with Crippen LogP contribution in [0, 0.1) is 0 Å². The lowest BCUT2D eigenvalue weighted by atomic mass is 9.97. The number of fused-ring (bicyclic) bond motifs is 2. The normalized spacial score (nSPS) is 15.7. The summed E-state index contributed by atoms with van der Waals surface area (Å²) in [7, 11) is 0. The molecule has 0 spiro atoms. The lowest BCUT2D eigenvalue weighted by molar-refractivity contribution is 0.0995. The Hall–Kier alpha value is -3.15. The van der Waals surface area contributed by atoms with Crippen LogP contribution in [0.1, 0.15) is 40.5 Å². The van der Waals surface area contributed by atoms with E-state index in [4.69, 9.17) is 10.5 Å². The first-order chi connectivity index (χ1) is 12.6. The molecule has 6 nitrogen and oxygen atoms in total. The van der Waals surface area contributed by atoms with Crippen molar-refractivity contribution in [2.24, 2.45) is 5.73 Å². The number of ether oxygens (including phenoxy) is 1. The largest absolute Gasteiger partial charge is 0.489 e. The van der Waals surface area contributed by atoms with Crippen molar-refractivity contribution in [2.75, 3.05) is 0 Å². The minimum Gasteiger partial charge on any atom is -0.489 e. The van der Waals surface area contributed by atoms with Crippen LogP contribution in [0.2, 0.25) is 0 Å². The van der Waals surface area contributed by atoms with Crippen LogP contribution in [-0.4, -0.2) is 22.2 Å². The number of aromatic amines is 1. The van der Waals surface area contributed by atoms with Gasteiger partial charge in [-0.2, -0.15) is 5.10 Å². The van der Waals surface area contributed by atoms with Gasteiger partial charge in [-0.15, -0.1) is 0 Å². The van der Waals surface area contributed by atoms with Crippen molar-refractivity contribution in [2.45, 2.75) is 32.3 Å². The number of nitrogens with two attached hydrogens (primary N) is 1. The maximum absolute atomic E-state index is 12.0. The van der Waals surface area contributed by atoms with Crippen molar-refractivity contribution < 1.29 is 9.53 Å². The van der Waals surface area contributed by atoms with Gasteiger partial charge < -0.3 is 10.5 Å². The highest BCUT2D eigenvalue weighted by Gasteiger charge is 2.27. The van der Waals surface area contributed by atoms with E-state index in [1.54, 1.807) is 12.1 Å². The van der Waals surface area contributed by atoms with Crippen LogP contribution in [0.5, 0.6) is 5.75 Å². The van der Waals surface area contributed by atoms with Crippen molar-refractivity contribution in [3.8, 4) is 5.75 Å². The number of H-pyrrole nitrogens is 1. The van der Waals surface area contributed by atoms with Gasteiger partial charge in [0.1, 0.15) is 11.9 Å². The summed E-state index contributed by atoms with van der Waals surface area (Å²) in [5.41, 5.74) is 8.42. The second-order valence-electron chi connectivity index (χ2n) is 6.57. The quantitative estimate of drug-likeness (QED) is 0.755. The molecule has 0 aliphatic carbocycles. The van der Waals surface area contributed by atoms with Gasteiger partial charge in [-0.3, -0.25) is 9.59 Å². The molecule has 1 atom stereocenters. The van der Waals surface area contributed by atoms with Gasteiger partial charge >= 0.3 is 0 Å². The predicted octanol–water partition coefficient (Wildman–Crippen LogP) is 2.33. The summed E-state index contributed by atoms with van der Waals surface area (Å²) >= 11 is 0. The molecule has 1 unspecified atom stereocenters. The number of carbonyl (C=O) groups excluding carboxylic acids is 1. The zero-order valence-corrected chi connectivity index (χ0v) is 14.4. The Morgan fingerprint density at radius 2 is 2.08 bits per heavy atom. The van der Waals surface area contributed by atoms with Crippen molar-refractivity contribution in [3.05, 3.63) is 69.1 Å². The van der Waals surface area contributed by atoms with E-state index in [1.807, 2.05) is 24.3 Å². The first kappa shape index (κ1) is 16.3. The maximum Gasteiger partial charge on any atom is 0.272 e. The van der Waals surface area contributed by atoms with E-state index in [0.717, 1.165) is 35.0 Å². The average molecular weight is 349 g/mol. The molecule has 26 heavy (non-hydrogen) atoms. The molecular weight excluding hydrogens is 330 g/mol. The van der Waals surface area contributed by atoms with E-state index in [2.05, 4.69) is 17.1 Å². The summed E-state index contributed by atoms with van der Waals surface area (Å²) in [6.45, 7) is 2.05. The third-order valence-corrected chi connectivity index (χ3v) is 4.83. The molecule has 1 aromatic heterocycles. The van der Waals surface area contributed by atoms with Crippen LogP contribution in [0.4, 0.5) is 0 Å². The minimum absolute atomic E-state index is 0.0744. The average Bonchev–Trinajstić information content (AvgIpc) is 3.06. The Bertz CT molecular complexity index is 1070. The second-order valence-corrected chi connectivity index (χ2v) is 6.57. The van der Waals surface area contributed by atoms with Crippen molar-refractivity contribution in [3.63, 3.8) is 0 Å². The fraction of sp³-hybridized carbons (Fsp3) is 0.250. The highest BCUT2D eigenvalue weighted by molar-refractivity contribution is 5.96. The summed E-state index contributed by atoms with van der Waals surface area (Å²) in [6.07, 6.45) is 2.20. The SMILES string of the molecule is CCC1Cc2cc(Cc3n[nH]c(=O)c4ccccc34)cc(C(N)=O)c2O1. The van der Waals surface area contributed by atoms with Crippen LogP contribution < -0.4 is 16.0 Å². The number of rotatable bonds is 4. The summed E-state index contributed by atoms with van der Waals surface area (Å²) in [5, 5.41) is 8.17. The summed E-state index contributed by atoms with van der Waals surface area (Å²) in [4.78, 5) is 23.8. The molecule has 132 valence electrons. The smallest absolute Gasteiger partial charge is 0.272 e. The zero-order valence-electron chi connectivity index (χ0n) is 14.4. The van der Waals surface area contributed by atoms with Gasteiger partial charge in [-0.25, -0.2) is 5.10 Å². The summed E-state index contributed by atoms with van der Waals surface area (Å²) in [5.74, 6) is 0.103. The van der Waals surface area contributed by atoms with Gasteiger partial charge in [0.05, 0.1) is 16.6 Å². The Balaban J connectivity index is 1.79. The predicted molar refractivity (Wildman–Crippen MR) is 98.5 cm³/mol. The van der Waals surface area contributed by atoms with E-state index in [0.29, 0.717) is 23.1 Å². The number of aromatic nitrogens is 2. The Labute approximate surface area is 150 Å². The Morgan fingerprint density at radius 3 is 2.81 bits per heavy atom. The van der Waals surface area contributed by atoms with Gasteiger partial charge in [0, 0.05) is 18.2 Å². The lowest BCUT2D eigenvalue weighted by Crippen LogP contribution is -2.15. The van der Waals surface area contributed by atoms with E-state index in [1.165, 1.54) is 0 Å². The first-order valence-electron chi connectivity index (χ1n) is 8.65. The van der Waals surface area contributed by atoms with E-state index < -0.39 is 5.91 Å². The topological polar surface area (TPSA) is 98.1 Å². The van der Waals surface area contributed by atoms with Crippen molar-refractivity contribution in [1.82, 2.24) is 10.2 Å². The standard InChI is InChI=1S/C20H19N3O3/c1-2-13-10-12-7-11(8-16(19(21)24)18(12)26-13)9-17-14-5-3-4-6-15(14)20(25)23-22-17/h3-8,13H,2,9-10H2,1H3,(H2,21,24)(H,23,25). The van der Waals surface area contributed by atoms with Gasteiger partial charge in [0.2, 0.25) is 0 Å². The van der Waals surface area contributed by atoms with Gasteiger partial charge in [0.25, 0.3) is 11.5 Å². The highest BCUT2D eigenvalue weighted by Crippen LogP contribution is 2.35. The fourth-order valence-electron chi connectivity index (χ4n) is 3.51. The number of nitrogens with zero attached hydrogens (tertiary/aromatic N) is 1. The molecule has 2 heterocycles. The molecule has 1 amide bonds. The number of amides is 1. The van der Waals surface area contributed by atoms with Gasteiger partial charge in [0.15, 0.2) is 0 Å². The monoisotopic (exact) mass is 349 g/mol. The number of carbonyl (C=O) groups is 1. The van der Waals surface area contributed by atoms with E-state index >= 15 is 0 Å². The number of hydrogen-bond acceptors (Lipinski definition) is 4. The van der Waals surface area contributed by atoms with Gasteiger partial charge in [-0.1, -0.05) is 31.2 Å². The lowest BCUT2D eigenvalue weighted by Gasteiger charge is -2.11. The van der Waals surface area contributed by atoms with Crippen LogP contribution in [0.3, 0.4) is 0 Å². The number of hydrogen-bond donors (Lipinski definition) is 2. The molecule has 0 radical (unpaired) electrons. The second kappa shape index (κ2) is 6.29. The molecule has 0 saturated heterocycles. The van der Waals surface area contributed by atoms with Crippen LogP contribution >= 0.6 is 0 Å². The van der Waals surface area contributed by atoms with Crippen LogP contribution in [0.15, 0.2) is 41.2 Å². The van der Waals surface area contributed by atoms with Gasteiger partial charge in [-0.05, 0) is 29.7 Å². The number of nitrogens with one attached hydrogen (secondary N) is 1. The van der Waals surface area contributed by atoms with Crippen molar-refractivity contribution >= 4 is 16.7 Å². The molecule has 0 fully saturated rings. The molecular formula is C20H19N3O3. The van der Waals surface area contributed by atoms with E-state index in [-0.39, 0.29) is 11.7 Å². The molecule has 4 rings (SSSR count). The molecule has 1 aliphatic heterocycles. The molecule has 0 saturated carbocycles. The number of primary amides is 1. The summed E-state index contributed by atoms with van der Waals surface area (Å²) < 4.78 is 5.88. The fourth-order valence-corrected chi connectivity index (χ4v) is 3.51. The highest BCUT2D eigenvalue weighted by atomic mass is 16.5. The molecule has 1 aliphatic rings. The molecule has 0 bridgehead atoms. The van der Waals surface area contributed by atoms with Crippen molar-refractivity contribution in [1.29, 1.82) is 0 Å². The van der Waals surface area contributed by atoms with Crippen LogP contribution in [0.25, 0.3) is 10.8 Å². The minimum atomic E-state index is -0.501. The number of benzene rings is 2. The van der Waals surface area contributed by atoms with E-state index in [9.17, 15) is 9.59 Å². The first-order valence-corrected chi connectivity index (χ1v) is 8.65.